The van der Waals surface area contributed by atoms with Crippen molar-refractivity contribution >= 4 is 0 Å². The summed E-state index contributed by atoms with van der Waals surface area (Å²) in [6.07, 6.45) is 0.469. The first-order chi connectivity index (χ1) is 7.34. The average molecular weight is 234 g/mol. The molecule has 0 aliphatic carbocycles. The van der Waals surface area contributed by atoms with Crippen molar-refractivity contribution in [2.45, 2.75) is 33.1 Å². The van der Waals surface area contributed by atoms with Crippen molar-refractivity contribution in [1.82, 2.24) is 0 Å². The van der Waals surface area contributed by atoms with Crippen molar-refractivity contribution in [3.63, 3.8) is 0 Å². The molecule has 0 aromatic heterocycles. The monoisotopic (exact) mass is 234 g/mol. The van der Waals surface area contributed by atoms with Gasteiger partial charge in [0.05, 0.1) is 0 Å². The zero-order valence-corrected chi connectivity index (χ0v) is 9.45. The fourth-order valence-corrected chi connectivity index (χ4v) is 1.85. The predicted octanol–water partition coefficient (Wildman–Crippen LogP) is 4.39. The van der Waals surface area contributed by atoms with Gasteiger partial charge in [0, 0.05) is 11.6 Å². The molecule has 4 heteroatoms. The van der Waals surface area contributed by atoms with Crippen molar-refractivity contribution in [1.29, 1.82) is 0 Å². The summed E-state index contributed by atoms with van der Waals surface area (Å²) in [6.45, 7) is 5.31. The van der Waals surface area contributed by atoms with Crippen LogP contribution in [0.25, 0.3) is 0 Å². The molecule has 0 nitrogen and oxygen atoms in total. The second kappa shape index (κ2) is 4.85. The highest BCUT2D eigenvalue weighted by molar-refractivity contribution is 5.25. The molecule has 1 rings (SSSR count). The van der Waals surface area contributed by atoms with E-state index >= 15 is 0 Å². The molecule has 90 valence electrons. The Kier molecular flexibility index (Phi) is 3.94. The number of halogens is 4. The molecule has 0 saturated carbocycles. The Balaban J connectivity index is 3.21. The third-order valence-electron chi connectivity index (χ3n) is 2.46. The van der Waals surface area contributed by atoms with Crippen molar-refractivity contribution in [3.05, 3.63) is 34.9 Å². The molecule has 16 heavy (non-hydrogen) atoms. The highest BCUT2D eigenvalue weighted by atomic mass is 19.2. The molecule has 0 bridgehead atoms. The molecule has 0 radical (unpaired) electrons. The van der Waals surface area contributed by atoms with Gasteiger partial charge in [0.2, 0.25) is 0 Å². The standard InChI is InChI=1S/C12H14F4/c1-6(2)4-7(3)10-11(15)8(13)5-9(14)12(10)16/h5-7H,4H2,1-3H3. The molecular weight excluding hydrogens is 220 g/mol. The van der Waals surface area contributed by atoms with Crippen LogP contribution in [0.4, 0.5) is 17.6 Å². The summed E-state index contributed by atoms with van der Waals surface area (Å²) in [5, 5.41) is 0. The molecule has 0 aliphatic rings. The van der Waals surface area contributed by atoms with E-state index in [1.165, 1.54) is 0 Å². The van der Waals surface area contributed by atoms with Gasteiger partial charge in [-0.25, -0.2) is 17.6 Å². The lowest BCUT2D eigenvalue weighted by atomic mass is 9.91. The van der Waals surface area contributed by atoms with Gasteiger partial charge < -0.3 is 0 Å². The normalized spacial score (nSPS) is 13.2. The van der Waals surface area contributed by atoms with Crippen LogP contribution < -0.4 is 0 Å². The van der Waals surface area contributed by atoms with Crippen molar-refractivity contribution in [3.8, 4) is 0 Å². The highest BCUT2D eigenvalue weighted by Gasteiger charge is 2.23. The fourth-order valence-electron chi connectivity index (χ4n) is 1.85. The minimum atomic E-state index is -1.34. The number of benzene rings is 1. The number of hydrogen-bond acceptors (Lipinski definition) is 0. The van der Waals surface area contributed by atoms with E-state index in [-0.39, 0.29) is 12.0 Å². The van der Waals surface area contributed by atoms with Crippen LogP contribution in [0.3, 0.4) is 0 Å². The number of rotatable bonds is 3. The summed E-state index contributed by atoms with van der Waals surface area (Å²) >= 11 is 0. The van der Waals surface area contributed by atoms with Crippen LogP contribution in [0.5, 0.6) is 0 Å². The molecule has 0 heterocycles. The molecule has 0 aliphatic heterocycles. The zero-order valence-electron chi connectivity index (χ0n) is 9.45. The van der Waals surface area contributed by atoms with Crippen LogP contribution in [0.15, 0.2) is 6.07 Å². The first-order valence-electron chi connectivity index (χ1n) is 5.17. The van der Waals surface area contributed by atoms with Crippen molar-refractivity contribution in [2.24, 2.45) is 5.92 Å². The maximum absolute atomic E-state index is 13.4. The summed E-state index contributed by atoms with van der Waals surface area (Å²) in [5.41, 5.74) is -0.494. The topological polar surface area (TPSA) is 0 Å². The van der Waals surface area contributed by atoms with Gasteiger partial charge >= 0.3 is 0 Å². The van der Waals surface area contributed by atoms with Gasteiger partial charge in [-0.3, -0.25) is 0 Å². The third-order valence-corrected chi connectivity index (χ3v) is 2.46. The van der Waals surface area contributed by atoms with E-state index < -0.39 is 34.8 Å². The van der Waals surface area contributed by atoms with Crippen LogP contribution in [0.2, 0.25) is 0 Å². The Morgan fingerprint density at radius 1 is 0.938 bits per heavy atom. The quantitative estimate of drug-likeness (QED) is 0.537. The summed E-state index contributed by atoms with van der Waals surface area (Å²) in [5.74, 6) is -5.61. The number of hydrogen-bond donors (Lipinski definition) is 0. The molecular formula is C12H14F4. The Labute approximate surface area is 92.3 Å². The van der Waals surface area contributed by atoms with Crippen LogP contribution in [-0.2, 0) is 0 Å². The Morgan fingerprint density at radius 2 is 1.38 bits per heavy atom. The summed E-state index contributed by atoms with van der Waals surface area (Å²) in [4.78, 5) is 0. The largest absolute Gasteiger partial charge is 0.204 e. The fraction of sp³-hybridized carbons (Fsp3) is 0.500. The molecule has 0 amide bonds. The predicted molar refractivity (Wildman–Crippen MR) is 54.1 cm³/mol. The van der Waals surface area contributed by atoms with Crippen LogP contribution in [0, 0.1) is 29.2 Å². The van der Waals surface area contributed by atoms with Gasteiger partial charge in [-0.1, -0.05) is 20.8 Å². The molecule has 0 spiro atoms. The molecule has 1 aromatic carbocycles. The van der Waals surface area contributed by atoms with Gasteiger partial charge in [0.1, 0.15) is 0 Å². The Morgan fingerprint density at radius 3 is 1.75 bits per heavy atom. The lowest BCUT2D eigenvalue weighted by molar-refractivity contribution is 0.413. The molecule has 1 unspecified atom stereocenters. The third kappa shape index (κ3) is 2.54. The van der Waals surface area contributed by atoms with E-state index in [1.807, 2.05) is 13.8 Å². The Bertz CT molecular complexity index is 359. The van der Waals surface area contributed by atoms with Gasteiger partial charge in [0.25, 0.3) is 0 Å². The minimum absolute atomic E-state index is 0.195. The zero-order chi connectivity index (χ0) is 12.5. The van der Waals surface area contributed by atoms with Gasteiger partial charge in [0.15, 0.2) is 23.3 Å². The van der Waals surface area contributed by atoms with E-state index in [1.54, 1.807) is 6.92 Å². The first kappa shape index (κ1) is 13.0. The summed E-state index contributed by atoms with van der Waals surface area (Å²) in [6, 6.07) is 0.232. The van der Waals surface area contributed by atoms with Crippen LogP contribution in [0.1, 0.15) is 38.7 Å². The van der Waals surface area contributed by atoms with Crippen molar-refractivity contribution < 1.29 is 17.6 Å². The Hall–Kier alpha value is -1.06. The second-order valence-electron chi connectivity index (χ2n) is 4.41. The van der Waals surface area contributed by atoms with Gasteiger partial charge in [-0.2, -0.15) is 0 Å². The van der Waals surface area contributed by atoms with E-state index in [0.29, 0.717) is 6.42 Å². The maximum Gasteiger partial charge on any atom is 0.165 e. The summed E-state index contributed by atoms with van der Waals surface area (Å²) < 4.78 is 52.6. The van der Waals surface area contributed by atoms with Crippen LogP contribution in [-0.4, -0.2) is 0 Å². The van der Waals surface area contributed by atoms with Crippen LogP contribution >= 0.6 is 0 Å². The van der Waals surface area contributed by atoms with E-state index in [4.69, 9.17) is 0 Å². The molecule has 1 atom stereocenters. The SMILES string of the molecule is CC(C)CC(C)c1c(F)c(F)cc(F)c1F. The van der Waals surface area contributed by atoms with Gasteiger partial charge in [-0.15, -0.1) is 0 Å². The lowest BCUT2D eigenvalue weighted by Crippen LogP contribution is -2.08. The van der Waals surface area contributed by atoms with E-state index in [0.717, 1.165) is 0 Å². The molecule has 0 fully saturated rings. The van der Waals surface area contributed by atoms with Crippen molar-refractivity contribution in [2.75, 3.05) is 0 Å². The van der Waals surface area contributed by atoms with E-state index in [2.05, 4.69) is 0 Å². The van der Waals surface area contributed by atoms with E-state index in [9.17, 15) is 17.6 Å². The maximum atomic E-state index is 13.4. The first-order valence-corrected chi connectivity index (χ1v) is 5.17. The summed E-state index contributed by atoms with van der Waals surface area (Å²) in [7, 11) is 0. The minimum Gasteiger partial charge on any atom is -0.204 e. The molecule has 0 saturated heterocycles. The molecule has 0 N–H and O–H groups in total. The molecule has 1 aromatic rings. The lowest BCUT2D eigenvalue weighted by Gasteiger charge is -2.16. The highest BCUT2D eigenvalue weighted by Crippen LogP contribution is 2.30. The van der Waals surface area contributed by atoms with Gasteiger partial charge in [-0.05, 0) is 18.3 Å². The second-order valence-corrected chi connectivity index (χ2v) is 4.41. The smallest absolute Gasteiger partial charge is 0.165 e. The average Bonchev–Trinajstić information content (AvgIpc) is 2.14.